The average Bonchev–Trinajstić information content (AvgIpc) is 2.59. The van der Waals surface area contributed by atoms with Crippen LogP contribution in [0.3, 0.4) is 0 Å². The predicted octanol–water partition coefficient (Wildman–Crippen LogP) is 3.01. The predicted molar refractivity (Wildman–Crippen MR) is 91.0 cm³/mol. The van der Waals surface area contributed by atoms with Crippen LogP contribution in [0, 0.1) is 0 Å². The summed E-state index contributed by atoms with van der Waals surface area (Å²) in [4.78, 5) is 27.2. The third-order valence-electron chi connectivity index (χ3n) is 2.94. The molecule has 1 aromatic heterocycles. The molecule has 8 heteroatoms. The van der Waals surface area contributed by atoms with Crippen molar-refractivity contribution in [2.24, 2.45) is 0 Å². The number of benzene rings is 1. The number of pyridine rings is 1. The van der Waals surface area contributed by atoms with E-state index in [-0.39, 0.29) is 12.3 Å². The molecule has 0 aliphatic rings. The monoisotopic (exact) mass is 367 g/mol. The topological polar surface area (TPSA) is 80.3 Å². The molecule has 24 heavy (non-hydrogen) atoms. The van der Waals surface area contributed by atoms with Gasteiger partial charge in [0, 0.05) is 23.8 Å². The molecule has 0 saturated heterocycles. The van der Waals surface area contributed by atoms with Crippen molar-refractivity contribution in [3.63, 3.8) is 0 Å². The van der Waals surface area contributed by atoms with E-state index < -0.39 is 5.91 Å². The van der Waals surface area contributed by atoms with Gasteiger partial charge in [0.1, 0.15) is 5.75 Å². The Bertz CT molecular complexity index is 711. The van der Waals surface area contributed by atoms with Crippen LogP contribution in [-0.4, -0.2) is 23.4 Å². The Hall–Kier alpha value is -2.31. The molecule has 2 amide bonds. The van der Waals surface area contributed by atoms with Crippen molar-refractivity contribution < 1.29 is 14.3 Å². The maximum absolute atomic E-state index is 11.7. The lowest BCUT2D eigenvalue weighted by Crippen LogP contribution is -2.41. The number of amides is 2. The van der Waals surface area contributed by atoms with Crippen LogP contribution < -0.4 is 15.6 Å². The summed E-state index contributed by atoms with van der Waals surface area (Å²) in [5, 5.41) is 0.937. The van der Waals surface area contributed by atoms with Crippen molar-refractivity contribution in [1.82, 2.24) is 15.8 Å². The Kier molecular flexibility index (Phi) is 6.84. The molecule has 0 fully saturated rings. The summed E-state index contributed by atoms with van der Waals surface area (Å²) in [5.41, 5.74) is 5.01. The molecule has 0 saturated carbocycles. The molecule has 6 nitrogen and oxygen atoms in total. The number of hydrazine groups is 1. The number of ether oxygens (including phenoxy) is 1. The average molecular weight is 368 g/mol. The van der Waals surface area contributed by atoms with E-state index in [0.717, 1.165) is 0 Å². The summed E-state index contributed by atoms with van der Waals surface area (Å²) in [5.74, 6) is -0.245. The van der Waals surface area contributed by atoms with E-state index >= 15 is 0 Å². The lowest BCUT2D eigenvalue weighted by atomic mass is 10.3. The Morgan fingerprint density at radius 1 is 1.17 bits per heavy atom. The number of aromatic nitrogens is 1. The number of hydrogen-bond acceptors (Lipinski definition) is 4. The molecule has 0 aliphatic carbocycles. The Balaban J connectivity index is 1.65. The molecule has 0 spiro atoms. The summed E-state index contributed by atoms with van der Waals surface area (Å²) in [6.45, 7) is 0.311. The first-order valence-electron chi connectivity index (χ1n) is 7.13. The molecule has 0 aliphatic heterocycles. The second-order valence-electron chi connectivity index (χ2n) is 4.77. The zero-order valence-electron chi connectivity index (χ0n) is 12.6. The van der Waals surface area contributed by atoms with Crippen LogP contribution in [0.2, 0.25) is 10.0 Å². The standard InChI is InChI=1S/C16H15Cl2N3O3/c17-12-5-6-14(13(18)9-12)24-8-2-4-15(22)20-21-16(23)11-3-1-7-19-10-11/h1,3,5-7,9-10H,2,4,8H2,(H,20,22)(H,21,23). The van der Waals surface area contributed by atoms with Crippen molar-refractivity contribution in [3.05, 3.63) is 58.3 Å². The summed E-state index contributed by atoms with van der Waals surface area (Å²) in [6.07, 6.45) is 3.62. The number of nitrogens with zero attached hydrogens (tertiary/aromatic N) is 1. The summed E-state index contributed by atoms with van der Waals surface area (Å²) in [7, 11) is 0. The van der Waals surface area contributed by atoms with Gasteiger partial charge in [-0.3, -0.25) is 25.4 Å². The first-order valence-corrected chi connectivity index (χ1v) is 7.89. The molecule has 2 N–H and O–H groups in total. The third kappa shape index (κ3) is 5.72. The van der Waals surface area contributed by atoms with Gasteiger partial charge in [-0.15, -0.1) is 0 Å². The lowest BCUT2D eigenvalue weighted by Gasteiger charge is -2.09. The van der Waals surface area contributed by atoms with Crippen LogP contribution in [0.15, 0.2) is 42.7 Å². The molecule has 2 rings (SSSR count). The van der Waals surface area contributed by atoms with Gasteiger partial charge in [-0.25, -0.2) is 0 Å². The van der Waals surface area contributed by atoms with Crippen LogP contribution in [0.25, 0.3) is 0 Å². The van der Waals surface area contributed by atoms with E-state index in [1.165, 1.54) is 6.20 Å². The SMILES string of the molecule is O=C(CCCOc1ccc(Cl)cc1Cl)NNC(=O)c1cccnc1. The number of hydrogen-bond donors (Lipinski definition) is 2. The van der Waals surface area contributed by atoms with Crippen molar-refractivity contribution in [2.45, 2.75) is 12.8 Å². The number of carbonyl (C=O) groups is 2. The van der Waals surface area contributed by atoms with Crippen LogP contribution >= 0.6 is 23.2 Å². The van der Waals surface area contributed by atoms with Gasteiger partial charge < -0.3 is 4.74 Å². The quantitative estimate of drug-likeness (QED) is 0.607. The zero-order valence-corrected chi connectivity index (χ0v) is 14.1. The zero-order chi connectivity index (χ0) is 17.4. The maximum atomic E-state index is 11.7. The molecule has 0 atom stereocenters. The van der Waals surface area contributed by atoms with Gasteiger partial charge in [-0.1, -0.05) is 23.2 Å². The van der Waals surface area contributed by atoms with E-state index in [1.54, 1.807) is 36.5 Å². The van der Waals surface area contributed by atoms with E-state index in [4.69, 9.17) is 27.9 Å². The number of nitrogens with one attached hydrogen (secondary N) is 2. The lowest BCUT2D eigenvalue weighted by molar-refractivity contribution is -0.122. The maximum Gasteiger partial charge on any atom is 0.271 e. The first kappa shape index (κ1) is 18.0. The molecular weight excluding hydrogens is 353 g/mol. The number of carbonyl (C=O) groups excluding carboxylic acids is 2. The van der Waals surface area contributed by atoms with E-state index in [2.05, 4.69) is 15.8 Å². The van der Waals surface area contributed by atoms with E-state index in [0.29, 0.717) is 34.4 Å². The number of halogens is 2. The highest BCUT2D eigenvalue weighted by atomic mass is 35.5. The Labute approximate surface area is 149 Å². The summed E-state index contributed by atoms with van der Waals surface area (Å²) >= 11 is 11.8. The molecule has 0 unspecified atom stereocenters. The summed E-state index contributed by atoms with van der Waals surface area (Å²) < 4.78 is 5.47. The van der Waals surface area contributed by atoms with Gasteiger partial charge in [0.25, 0.3) is 5.91 Å². The smallest absolute Gasteiger partial charge is 0.271 e. The third-order valence-corrected chi connectivity index (χ3v) is 3.47. The molecular formula is C16H15Cl2N3O3. The molecule has 0 bridgehead atoms. The largest absolute Gasteiger partial charge is 0.492 e. The molecule has 126 valence electrons. The van der Waals surface area contributed by atoms with Crippen LogP contribution in [-0.2, 0) is 4.79 Å². The fourth-order valence-corrected chi connectivity index (χ4v) is 2.23. The molecule has 1 aromatic carbocycles. The van der Waals surface area contributed by atoms with Crippen molar-refractivity contribution in [3.8, 4) is 5.75 Å². The van der Waals surface area contributed by atoms with Gasteiger partial charge in [-0.2, -0.15) is 0 Å². The Morgan fingerprint density at radius 3 is 2.71 bits per heavy atom. The minimum atomic E-state index is -0.430. The van der Waals surface area contributed by atoms with Gasteiger partial charge in [0.15, 0.2) is 0 Å². The highest BCUT2D eigenvalue weighted by Crippen LogP contribution is 2.27. The van der Waals surface area contributed by atoms with Crippen LogP contribution in [0.4, 0.5) is 0 Å². The molecule has 2 aromatic rings. The second kappa shape index (κ2) is 9.10. The highest BCUT2D eigenvalue weighted by molar-refractivity contribution is 6.35. The van der Waals surface area contributed by atoms with Gasteiger partial charge >= 0.3 is 0 Å². The van der Waals surface area contributed by atoms with Gasteiger partial charge in [-0.05, 0) is 36.8 Å². The van der Waals surface area contributed by atoms with Crippen molar-refractivity contribution in [1.29, 1.82) is 0 Å². The second-order valence-corrected chi connectivity index (χ2v) is 5.61. The van der Waals surface area contributed by atoms with Crippen molar-refractivity contribution in [2.75, 3.05) is 6.61 Å². The minimum absolute atomic E-state index is 0.193. The molecule has 1 heterocycles. The van der Waals surface area contributed by atoms with E-state index in [1.807, 2.05) is 0 Å². The van der Waals surface area contributed by atoms with E-state index in [9.17, 15) is 9.59 Å². The van der Waals surface area contributed by atoms with Crippen LogP contribution in [0.1, 0.15) is 23.2 Å². The first-order chi connectivity index (χ1) is 11.6. The fourth-order valence-electron chi connectivity index (χ4n) is 1.77. The van der Waals surface area contributed by atoms with Gasteiger partial charge in [0.05, 0.1) is 17.2 Å². The van der Waals surface area contributed by atoms with Crippen molar-refractivity contribution >= 4 is 35.0 Å². The Morgan fingerprint density at radius 2 is 2.00 bits per heavy atom. The van der Waals surface area contributed by atoms with Gasteiger partial charge in [0.2, 0.25) is 5.91 Å². The molecule has 0 radical (unpaired) electrons. The summed E-state index contributed by atoms with van der Waals surface area (Å²) in [6, 6.07) is 8.15. The number of rotatable bonds is 6. The highest BCUT2D eigenvalue weighted by Gasteiger charge is 2.07. The normalized spacial score (nSPS) is 10.1. The minimum Gasteiger partial charge on any atom is -0.492 e. The fraction of sp³-hybridized carbons (Fsp3) is 0.188. The van der Waals surface area contributed by atoms with Crippen LogP contribution in [0.5, 0.6) is 5.75 Å².